The number of benzene rings is 3. The van der Waals surface area contributed by atoms with Crippen molar-refractivity contribution in [2.24, 2.45) is 4.99 Å². The van der Waals surface area contributed by atoms with Gasteiger partial charge in [-0.3, -0.25) is 25.5 Å². The fourth-order valence-electron chi connectivity index (χ4n) is 4.12. The zero-order valence-electron chi connectivity index (χ0n) is 19.4. The lowest BCUT2D eigenvalue weighted by Crippen LogP contribution is -2.42. The third kappa shape index (κ3) is 5.36. The average molecular weight is 551 g/mol. The van der Waals surface area contributed by atoms with Crippen molar-refractivity contribution in [3.8, 4) is 11.1 Å². The van der Waals surface area contributed by atoms with E-state index in [1.165, 1.54) is 0 Å². The molecule has 0 saturated heterocycles. The summed E-state index contributed by atoms with van der Waals surface area (Å²) in [4.78, 5) is 19.0. The summed E-state index contributed by atoms with van der Waals surface area (Å²) in [6.45, 7) is 3.99. The van der Waals surface area contributed by atoms with Crippen LogP contribution in [0, 0.1) is 10.8 Å². The molecule has 6 nitrogen and oxygen atoms in total. The number of halogens is 2. The first kappa shape index (κ1) is 24.8. The summed E-state index contributed by atoms with van der Waals surface area (Å²) in [5, 5.41) is 20.8. The molecule has 1 heterocycles. The molecule has 0 aromatic heterocycles. The van der Waals surface area contributed by atoms with E-state index >= 15 is 0 Å². The maximum atomic E-state index is 12.5. The van der Waals surface area contributed by atoms with E-state index in [1.807, 2.05) is 61.5 Å². The summed E-state index contributed by atoms with van der Waals surface area (Å²) in [5.74, 6) is 0.0777. The Kier molecular flexibility index (Phi) is 7.48. The molecule has 4 rings (SSSR count). The zero-order valence-corrected chi connectivity index (χ0v) is 21.7. The van der Waals surface area contributed by atoms with Crippen molar-refractivity contribution in [1.29, 1.82) is 10.8 Å². The van der Waals surface area contributed by atoms with Crippen LogP contribution in [0.15, 0.2) is 76.2 Å². The molecule has 0 unspecified atom stereocenters. The SMILES string of the molecule is CCNC(=O)C[C@@H]1N=C(c2ccc(Cl)cc2)c2cc(-c3cccc(Br)c3)ccc2N(C(C)=N)C1=N. The molecule has 0 spiro atoms. The van der Waals surface area contributed by atoms with Gasteiger partial charge in [-0.05, 0) is 61.4 Å². The van der Waals surface area contributed by atoms with Gasteiger partial charge in [0.15, 0.2) is 0 Å². The topological polar surface area (TPSA) is 92.4 Å². The maximum Gasteiger partial charge on any atom is 0.222 e. The highest BCUT2D eigenvalue weighted by molar-refractivity contribution is 9.10. The molecule has 0 aliphatic carbocycles. The fourth-order valence-corrected chi connectivity index (χ4v) is 4.65. The molecule has 0 fully saturated rings. The molecule has 3 aromatic carbocycles. The van der Waals surface area contributed by atoms with E-state index < -0.39 is 6.04 Å². The lowest BCUT2D eigenvalue weighted by molar-refractivity contribution is -0.121. The number of hydrogen-bond acceptors (Lipinski definition) is 4. The number of carbonyl (C=O) groups excluding carboxylic acids is 1. The van der Waals surface area contributed by atoms with E-state index in [0.29, 0.717) is 23.0 Å². The predicted octanol–water partition coefficient (Wildman–Crippen LogP) is 6.30. The van der Waals surface area contributed by atoms with Crippen LogP contribution >= 0.6 is 27.5 Å². The predicted molar refractivity (Wildman–Crippen MR) is 147 cm³/mol. The Balaban J connectivity index is 1.95. The standard InChI is InChI=1S/C27H25BrClN5O/c1-3-32-25(35)15-23-27(31)34(16(2)30)24-12-9-19(18-5-4-6-20(28)13-18)14-22(24)26(33-23)17-7-10-21(29)11-8-17/h4-14,23,30-31H,3,15H2,1-2H3,(H,32,35)/t23-/m0/s1. The Labute approximate surface area is 218 Å². The zero-order chi connectivity index (χ0) is 25.1. The van der Waals surface area contributed by atoms with Gasteiger partial charge in [-0.25, -0.2) is 0 Å². The summed E-state index contributed by atoms with van der Waals surface area (Å²) in [6.07, 6.45) is 0.0139. The van der Waals surface area contributed by atoms with Crippen molar-refractivity contribution in [2.45, 2.75) is 26.3 Å². The minimum atomic E-state index is -0.755. The van der Waals surface area contributed by atoms with E-state index in [9.17, 15) is 4.79 Å². The number of amides is 1. The Morgan fingerprint density at radius 2 is 1.77 bits per heavy atom. The number of anilines is 1. The highest BCUT2D eigenvalue weighted by Crippen LogP contribution is 2.34. The number of nitrogens with zero attached hydrogens (tertiary/aromatic N) is 2. The summed E-state index contributed by atoms with van der Waals surface area (Å²) in [6, 6.07) is 20.6. The van der Waals surface area contributed by atoms with Gasteiger partial charge in [0.1, 0.15) is 17.7 Å². The van der Waals surface area contributed by atoms with Gasteiger partial charge in [0.05, 0.1) is 17.8 Å². The van der Waals surface area contributed by atoms with Crippen LogP contribution in [0.1, 0.15) is 31.4 Å². The number of aliphatic imine (C=N–C) groups is 1. The monoisotopic (exact) mass is 549 g/mol. The minimum absolute atomic E-state index is 0.0139. The van der Waals surface area contributed by atoms with Crippen molar-refractivity contribution in [2.75, 3.05) is 11.4 Å². The van der Waals surface area contributed by atoms with Crippen LogP contribution in [0.2, 0.25) is 5.02 Å². The molecule has 3 N–H and O–H groups in total. The number of fused-ring (bicyclic) bond motifs is 1. The summed E-state index contributed by atoms with van der Waals surface area (Å²) in [7, 11) is 0. The van der Waals surface area contributed by atoms with Crippen molar-refractivity contribution in [3.63, 3.8) is 0 Å². The molecule has 1 atom stereocenters. The Hall–Kier alpha value is -3.29. The van der Waals surface area contributed by atoms with Gasteiger partial charge in [0.2, 0.25) is 5.91 Å². The third-order valence-corrected chi connectivity index (χ3v) is 6.44. The van der Waals surface area contributed by atoms with Gasteiger partial charge in [-0.2, -0.15) is 0 Å². The largest absolute Gasteiger partial charge is 0.356 e. The van der Waals surface area contributed by atoms with E-state index in [0.717, 1.165) is 26.7 Å². The van der Waals surface area contributed by atoms with Crippen LogP contribution in [-0.2, 0) is 4.79 Å². The normalized spacial score (nSPS) is 15.2. The fraction of sp³-hybridized carbons (Fsp3) is 0.185. The Morgan fingerprint density at radius 1 is 1.09 bits per heavy atom. The lowest BCUT2D eigenvalue weighted by Gasteiger charge is -2.26. The summed E-state index contributed by atoms with van der Waals surface area (Å²) >= 11 is 9.70. The molecule has 0 saturated carbocycles. The molecular weight excluding hydrogens is 526 g/mol. The first-order chi connectivity index (χ1) is 16.8. The van der Waals surface area contributed by atoms with E-state index in [-0.39, 0.29) is 24.0 Å². The van der Waals surface area contributed by atoms with Crippen molar-refractivity contribution in [1.82, 2.24) is 5.32 Å². The Morgan fingerprint density at radius 3 is 2.43 bits per heavy atom. The third-order valence-electron chi connectivity index (χ3n) is 5.70. The molecule has 0 radical (unpaired) electrons. The summed E-state index contributed by atoms with van der Waals surface area (Å²) in [5.41, 5.74) is 4.92. The molecule has 3 aromatic rings. The minimum Gasteiger partial charge on any atom is -0.356 e. The first-order valence-electron chi connectivity index (χ1n) is 11.2. The lowest BCUT2D eigenvalue weighted by atomic mass is 9.95. The van der Waals surface area contributed by atoms with Crippen LogP contribution in [0.3, 0.4) is 0 Å². The van der Waals surface area contributed by atoms with Crippen molar-refractivity contribution in [3.05, 3.63) is 87.4 Å². The van der Waals surface area contributed by atoms with E-state index in [1.54, 1.807) is 24.0 Å². The number of carbonyl (C=O) groups is 1. The second kappa shape index (κ2) is 10.5. The van der Waals surface area contributed by atoms with Crippen LogP contribution in [0.4, 0.5) is 5.69 Å². The van der Waals surface area contributed by atoms with Crippen LogP contribution in [-0.4, -0.2) is 35.9 Å². The molecule has 178 valence electrons. The highest BCUT2D eigenvalue weighted by atomic mass is 79.9. The van der Waals surface area contributed by atoms with Crippen molar-refractivity contribution >= 4 is 56.5 Å². The van der Waals surface area contributed by atoms with Gasteiger partial charge in [-0.15, -0.1) is 0 Å². The summed E-state index contributed by atoms with van der Waals surface area (Å²) < 4.78 is 0.970. The molecule has 8 heteroatoms. The molecule has 35 heavy (non-hydrogen) atoms. The molecule has 1 aliphatic heterocycles. The second-order valence-corrected chi connectivity index (χ2v) is 9.56. The quantitative estimate of drug-likeness (QED) is 0.257. The number of rotatable bonds is 5. The smallest absolute Gasteiger partial charge is 0.222 e. The first-order valence-corrected chi connectivity index (χ1v) is 12.4. The van der Waals surface area contributed by atoms with Crippen LogP contribution in [0.25, 0.3) is 11.1 Å². The molecule has 1 aliphatic rings. The molecular formula is C27H25BrClN5O. The van der Waals surface area contributed by atoms with Gasteiger partial charge in [0.25, 0.3) is 0 Å². The van der Waals surface area contributed by atoms with E-state index in [4.69, 9.17) is 27.4 Å². The maximum absolute atomic E-state index is 12.5. The second-order valence-electron chi connectivity index (χ2n) is 8.21. The van der Waals surface area contributed by atoms with Gasteiger partial charge < -0.3 is 5.32 Å². The number of amidine groups is 2. The van der Waals surface area contributed by atoms with Gasteiger partial charge >= 0.3 is 0 Å². The van der Waals surface area contributed by atoms with Crippen LogP contribution in [0.5, 0.6) is 0 Å². The van der Waals surface area contributed by atoms with Crippen LogP contribution < -0.4 is 10.2 Å². The highest BCUT2D eigenvalue weighted by Gasteiger charge is 2.32. The molecule has 0 bridgehead atoms. The average Bonchev–Trinajstić information content (AvgIpc) is 2.94. The van der Waals surface area contributed by atoms with Gasteiger partial charge in [-0.1, -0.05) is 57.9 Å². The number of benzodiazepines with no additional fused rings is 1. The number of hydrogen-bond donors (Lipinski definition) is 3. The van der Waals surface area contributed by atoms with Gasteiger partial charge in [0, 0.05) is 27.2 Å². The molecule has 1 amide bonds. The number of nitrogens with one attached hydrogen (secondary N) is 3. The van der Waals surface area contributed by atoms with Crippen molar-refractivity contribution < 1.29 is 4.79 Å². The Bertz CT molecular complexity index is 1340. The van der Waals surface area contributed by atoms with E-state index in [2.05, 4.69) is 21.2 Å².